The number of hydrogen-bond donors (Lipinski definition) is 0. The van der Waals surface area contributed by atoms with E-state index < -0.39 is 0 Å². The number of aryl methyl sites for hydroxylation is 2. The molecule has 2 amide bonds. The average molecular weight is 1080 g/mol. The highest BCUT2D eigenvalue weighted by molar-refractivity contribution is 9.11. The van der Waals surface area contributed by atoms with Crippen molar-refractivity contribution in [3.05, 3.63) is 42.0 Å². The fourth-order valence-electron chi connectivity index (χ4n) is 9.59. The number of thiophene rings is 5. The maximum Gasteiger partial charge on any atom is 0.263 e. The fourth-order valence-corrected chi connectivity index (χ4v) is 18.1. The fraction of sp³-hybridized carbons (Fsp3) is 0.660. The van der Waals surface area contributed by atoms with E-state index in [1.165, 1.54) is 198 Å². The Morgan fingerprint density at radius 1 is 0.460 bits per heavy atom. The number of imide groups is 1. The third kappa shape index (κ3) is 13.9. The Bertz CT molecular complexity index is 2040. The molecule has 63 heavy (non-hydrogen) atoms. The summed E-state index contributed by atoms with van der Waals surface area (Å²) in [4.78, 5) is 35.3. The van der Waals surface area contributed by atoms with Crippen molar-refractivity contribution in [1.82, 2.24) is 4.90 Å². The second-order valence-electron chi connectivity index (χ2n) is 18.4. The van der Waals surface area contributed by atoms with E-state index in [1.54, 1.807) is 16.2 Å². The predicted molar refractivity (Wildman–Crippen MR) is 291 cm³/mol. The zero-order chi connectivity index (χ0) is 44.6. The van der Waals surface area contributed by atoms with Gasteiger partial charge < -0.3 is 0 Å². The third-order valence-electron chi connectivity index (χ3n) is 13.3. The second kappa shape index (κ2) is 27.2. The molecule has 5 aromatic heterocycles. The summed E-state index contributed by atoms with van der Waals surface area (Å²) in [7, 11) is 0. The lowest BCUT2D eigenvalue weighted by atomic mass is 9.90. The first-order chi connectivity index (χ1) is 30.8. The standard InChI is InChI=1S/C53H75Br2NO2S5/c1-5-9-13-17-20-24-30-37(29-23-16-12-8-4)31-27-28-34-56-52(57)44-45(53(56)58)49(43-36-41-47(60-43)39(51(55)62-41)33-26-22-19-15-11-7-3)63-48(44)42-35-40-46(59-42)38(50(54)61-40)32-25-21-18-14-10-6-2/h35-37H,5-34H2,1-4H3. The molecule has 0 saturated heterocycles. The van der Waals surface area contributed by atoms with Crippen LogP contribution in [0.25, 0.3) is 38.3 Å². The molecule has 6 heterocycles. The smallest absolute Gasteiger partial charge is 0.263 e. The number of hydrogen-bond acceptors (Lipinski definition) is 7. The van der Waals surface area contributed by atoms with Gasteiger partial charge in [0.05, 0.1) is 37.9 Å². The summed E-state index contributed by atoms with van der Waals surface area (Å²) in [6, 6.07) is 4.62. The number of fused-ring (bicyclic) bond motifs is 3. The van der Waals surface area contributed by atoms with Gasteiger partial charge in [0, 0.05) is 25.7 Å². The Morgan fingerprint density at radius 3 is 1.25 bits per heavy atom. The first-order valence-electron chi connectivity index (χ1n) is 25.3. The number of carbonyl (C=O) groups excluding carboxylic acids is 2. The van der Waals surface area contributed by atoms with Gasteiger partial charge in [-0.25, -0.2) is 0 Å². The summed E-state index contributed by atoms with van der Waals surface area (Å²) in [5, 5.41) is 0. The lowest BCUT2D eigenvalue weighted by Crippen LogP contribution is -2.31. The summed E-state index contributed by atoms with van der Waals surface area (Å²) < 4.78 is 7.75. The molecule has 0 aromatic carbocycles. The van der Waals surface area contributed by atoms with Crippen LogP contribution in [0.15, 0.2) is 19.7 Å². The van der Waals surface area contributed by atoms with Crippen molar-refractivity contribution in [2.24, 2.45) is 5.92 Å². The van der Waals surface area contributed by atoms with E-state index in [0.717, 1.165) is 51.1 Å². The maximum absolute atomic E-state index is 14.7. The number of amides is 2. The highest BCUT2D eigenvalue weighted by Crippen LogP contribution is 2.54. The molecule has 6 rings (SSSR count). The predicted octanol–water partition coefficient (Wildman–Crippen LogP) is 21.1. The van der Waals surface area contributed by atoms with Gasteiger partial charge in [0.25, 0.3) is 11.8 Å². The molecule has 0 N–H and O–H groups in total. The number of carbonyl (C=O) groups is 2. The molecule has 1 atom stereocenters. The van der Waals surface area contributed by atoms with Crippen LogP contribution < -0.4 is 0 Å². The van der Waals surface area contributed by atoms with Gasteiger partial charge in [-0.05, 0) is 93.1 Å². The zero-order valence-electron chi connectivity index (χ0n) is 39.0. The summed E-state index contributed by atoms with van der Waals surface area (Å²) in [5.41, 5.74) is 4.16. The lowest BCUT2D eigenvalue weighted by molar-refractivity contribution is 0.0651. The van der Waals surface area contributed by atoms with E-state index in [1.807, 2.05) is 45.3 Å². The number of halogens is 2. The van der Waals surface area contributed by atoms with Gasteiger partial charge >= 0.3 is 0 Å². The molecule has 0 bridgehead atoms. The molecule has 5 aromatic rings. The Labute approximate surface area is 417 Å². The van der Waals surface area contributed by atoms with E-state index in [4.69, 9.17) is 0 Å². The van der Waals surface area contributed by atoms with E-state index in [0.29, 0.717) is 17.7 Å². The van der Waals surface area contributed by atoms with Crippen LogP contribution in [-0.4, -0.2) is 23.3 Å². The van der Waals surface area contributed by atoms with Crippen LogP contribution >= 0.6 is 88.5 Å². The average Bonchev–Trinajstić information content (AvgIpc) is 4.11. The van der Waals surface area contributed by atoms with E-state index >= 15 is 0 Å². The number of unbranched alkanes of at least 4 members (excludes halogenated alkanes) is 19. The van der Waals surface area contributed by atoms with Gasteiger partial charge in [-0.1, -0.05) is 182 Å². The minimum absolute atomic E-state index is 0.0780. The van der Waals surface area contributed by atoms with Crippen molar-refractivity contribution in [1.29, 1.82) is 0 Å². The van der Waals surface area contributed by atoms with Gasteiger partial charge in [0.2, 0.25) is 0 Å². The molecule has 0 fully saturated rings. The zero-order valence-corrected chi connectivity index (χ0v) is 46.3. The van der Waals surface area contributed by atoms with Crippen molar-refractivity contribution in [2.45, 2.75) is 214 Å². The van der Waals surface area contributed by atoms with Crippen LogP contribution in [-0.2, 0) is 12.8 Å². The van der Waals surface area contributed by atoms with Gasteiger partial charge in [-0.3, -0.25) is 14.5 Å². The monoisotopic (exact) mass is 1080 g/mol. The second-order valence-corrected chi connectivity index (χ2v) is 26.3. The van der Waals surface area contributed by atoms with Crippen LogP contribution in [0.5, 0.6) is 0 Å². The number of rotatable bonds is 33. The normalized spacial score (nSPS) is 13.5. The molecule has 0 saturated carbocycles. The summed E-state index contributed by atoms with van der Waals surface area (Å²) in [5.74, 6) is 0.603. The Hall–Kier alpha value is -0.880. The minimum atomic E-state index is -0.0780. The molecule has 10 heteroatoms. The molecular weight excluding hydrogens is 1000 g/mol. The molecule has 348 valence electrons. The molecule has 1 aliphatic rings. The summed E-state index contributed by atoms with van der Waals surface area (Å²) in [6.07, 6.45) is 36.8. The van der Waals surface area contributed by atoms with Crippen molar-refractivity contribution < 1.29 is 9.59 Å². The summed E-state index contributed by atoms with van der Waals surface area (Å²) in [6.45, 7) is 9.66. The largest absolute Gasteiger partial charge is 0.274 e. The first kappa shape index (κ1) is 51.5. The number of nitrogens with zero attached hydrogens (tertiary/aromatic N) is 1. The van der Waals surface area contributed by atoms with Crippen molar-refractivity contribution in [3.8, 4) is 19.5 Å². The quantitative estimate of drug-likeness (QED) is 0.0310. The molecule has 3 nitrogen and oxygen atoms in total. The van der Waals surface area contributed by atoms with Gasteiger partial charge in [0.1, 0.15) is 0 Å². The van der Waals surface area contributed by atoms with Crippen LogP contribution in [0.4, 0.5) is 0 Å². The Morgan fingerprint density at radius 2 is 0.825 bits per heavy atom. The Kier molecular flexibility index (Phi) is 22.2. The third-order valence-corrected chi connectivity index (χ3v) is 21.4. The van der Waals surface area contributed by atoms with Crippen molar-refractivity contribution in [2.75, 3.05) is 6.54 Å². The lowest BCUT2D eigenvalue weighted by Gasteiger charge is -2.19. The van der Waals surface area contributed by atoms with Crippen LogP contribution in [0, 0.1) is 5.92 Å². The first-order valence-corrected chi connectivity index (χ1v) is 30.9. The molecule has 1 unspecified atom stereocenters. The molecule has 0 radical (unpaired) electrons. The molecule has 0 aliphatic carbocycles. The molecule has 0 spiro atoms. The van der Waals surface area contributed by atoms with Crippen LogP contribution in [0.3, 0.4) is 0 Å². The Balaban J connectivity index is 1.23. The van der Waals surface area contributed by atoms with Gasteiger partial charge in [-0.2, -0.15) is 0 Å². The highest BCUT2D eigenvalue weighted by atomic mass is 79.9. The molecule has 1 aliphatic heterocycles. The summed E-state index contributed by atoms with van der Waals surface area (Å²) >= 11 is 16.9. The van der Waals surface area contributed by atoms with Gasteiger partial charge in [-0.15, -0.1) is 56.7 Å². The van der Waals surface area contributed by atoms with Gasteiger partial charge in [0.15, 0.2) is 0 Å². The van der Waals surface area contributed by atoms with Crippen LogP contribution in [0.2, 0.25) is 0 Å². The SMILES string of the molecule is CCCCCCCCc1c(Br)sc2cc(-c3sc(-c4cc5sc(Br)c(CCCCCCCC)c5s4)c4c3C(=O)N(CCCCC(CCCCCC)CCCCCCCC)C4=O)sc12. The maximum atomic E-state index is 14.7. The van der Waals surface area contributed by atoms with E-state index in [9.17, 15) is 9.59 Å². The van der Waals surface area contributed by atoms with Crippen molar-refractivity contribution >= 4 is 119 Å². The molecular formula is C53H75Br2NO2S5. The van der Waals surface area contributed by atoms with Crippen molar-refractivity contribution in [3.63, 3.8) is 0 Å². The van der Waals surface area contributed by atoms with Crippen LogP contribution in [0.1, 0.15) is 233 Å². The van der Waals surface area contributed by atoms with E-state index in [2.05, 4.69) is 71.7 Å². The minimum Gasteiger partial charge on any atom is -0.274 e. The topological polar surface area (TPSA) is 37.4 Å². The van der Waals surface area contributed by atoms with E-state index in [-0.39, 0.29) is 11.8 Å². The highest BCUT2D eigenvalue weighted by Gasteiger charge is 2.43.